The standard InChI is InChI=1S/C22H20F3N3/c23-22(24,25)18-9-5-8-17-16(7-3-4-11-26)20(28-21(17)18)15-12-14-6-1-2-10-19(14)27-13-15/h1-2,5-6,8-10,12-13,28H,3-4,7,11,26H2. The van der Waals surface area contributed by atoms with Gasteiger partial charge in [0.1, 0.15) is 0 Å². The lowest BCUT2D eigenvalue weighted by Crippen LogP contribution is -2.05. The molecule has 3 N–H and O–H groups in total. The number of unbranched alkanes of at least 4 members (excludes halogenated alkanes) is 1. The topological polar surface area (TPSA) is 54.7 Å². The van der Waals surface area contributed by atoms with E-state index in [-0.39, 0.29) is 5.52 Å². The van der Waals surface area contributed by atoms with Crippen molar-refractivity contribution in [1.82, 2.24) is 9.97 Å². The third-order valence-corrected chi connectivity index (χ3v) is 5.01. The molecule has 2 heterocycles. The highest BCUT2D eigenvalue weighted by Crippen LogP contribution is 2.39. The average molecular weight is 383 g/mol. The normalized spacial score (nSPS) is 12.1. The first-order valence-corrected chi connectivity index (χ1v) is 9.25. The van der Waals surface area contributed by atoms with Gasteiger partial charge in [-0.3, -0.25) is 4.98 Å². The molecule has 0 aliphatic heterocycles. The number of nitrogens with zero attached hydrogens (tertiary/aromatic N) is 1. The lowest BCUT2D eigenvalue weighted by atomic mass is 9.99. The number of H-pyrrole nitrogens is 1. The predicted molar refractivity (Wildman–Crippen MR) is 106 cm³/mol. The Morgan fingerprint density at radius 3 is 2.61 bits per heavy atom. The number of nitrogens with two attached hydrogens (primary N) is 1. The molecule has 4 rings (SSSR count). The Kier molecular flexibility index (Phi) is 4.81. The molecule has 0 bridgehead atoms. The van der Waals surface area contributed by atoms with Crippen molar-refractivity contribution >= 4 is 21.8 Å². The zero-order chi connectivity index (χ0) is 19.7. The number of benzene rings is 2. The zero-order valence-electron chi connectivity index (χ0n) is 15.2. The van der Waals surface area contributed by atoms with Crippen molar-refractivity contribution in [2.45, 2.75) is 25.4 Å². The molecule has 0 fully saturated rings. The van der Waals surface area contributed by atoms with Crippen LogP contribution in [0.25, 0.3) is 33.1 Å². The molecule has 0 saturated carbocycles. The third kappa shape index (κ3) is 3.36. The van der Waals surface area contributed by atoms with Crippen molar-refractivity contribution in [2.24, 2.45) is 5.73 Å². The monoisotopic (exact) mass is 383 g/mol. The number of aromatic nitrogens is 2. The summed E-state index contributed by atoms with van der Waals surface area (Å²) in [5.74, 6) is 0. The van der Waals surface area contributed by atoms with Crippen LogP contribution < -0.4 is 5.73 Å². The van der Waals surface area contributed by atoms with Crippen molar-refractivity contribution in [1.29, 1.82) is 0 Å². The van der Waals surface area contributed by atoms with Crippen LogP contribution in [-0.2, 0) is 12.6 Å². The maximum atomic E-state index is 13.5. The molecule has 0 aliphatic carbocycles. The van der Waals surface area contributed by atoms with E-state index in [2.05, 4.69) is 9.97 Å². The maximum Gasteiger partial charge on any atom is 0.418 e. The van der Waals surface area contributed by atoms with Gasteiger partial charge < -0.3 is 10.7 Å². The molecule has 0 aliphatic rings. The summed E-state index contributed by atoms with van der Waals surface area (Å²) in [6.07, 6.45) is -0.417. The lowest BCUT2D eigenvalue weighted by molar-refractivity contribution is -0.136. The van der Waals surface area contributed by atoms with E-state index in [0.717, 1.165) is 40.9 Å². The fourth-order valence-electron chi connectivity index (χ4n) is 3.67. The van der Waals surface area contributed by atoms with Gasteiger partial charge in [0.25, 0.3) is 0 Å². The van der Waals surface area contributed by atoms with Crippen LogP contribution in [0.4, 0.5) is 13.2 Å². The van der Waals surface area contributed by atoms with Gasteiger partial charge in [-0.05, 0) is 49.6 Å². The molecule has 0 spiro atoms. The Bertz CT molecular complexity index is 1130. The molecule has 4 aromatic rings. The molecule has 2 aromatic carbocycles. The molecule has 0 unspecified atom stereocenters. The van der Waals surface area contributed by atoms with Crippen LogP contribution in [0.15, 0.2) is 54.7 Å². The van der Waals surface area contributed by atoms with Crippen LogP contribution in [0.3, 0.4) is 0 Å². The summed E-state index contributed by atoms with van der Waals surface area (Å²) in [7, 11) is 0. The van der Waals surface area contributed by atoms with E-state index < -0.39 is 11.7 Å². The van der Waals surface area contributed by atoms with Gasteiger partial charge in [-0.2, -0.15) is 13.2 Å². The Hall–Kier alpha value is -2.86. The number of hydrogen-bond donors (Lipinski definition) is 2. The summed E-state index contributed by atoms with van der Waals surface area (Å²) in [5.41, 5.74) is 8.29. The lowest BCUT2D eigenvalue weighted by Gasteiger charge is -2.07. The number of fused-ring (bicyclic) bond motifs is 2. The van der Waals surface area contributed by atoms with Crippen LogP contribution >= 0.6 is 0 Å². The van der Waals surface area contributed by atoms with Crippen LogP contribution in [0.1, 0.15) is 24.0 Å². The molecular weight excluding hydrogens is 363 g/mol. The van der Waals surface area contributed by atoms with Gasteiger partial charge in [-0.1, -0.05) is 30.3 Å². The molecule has 0 atom stereocenters. The van der Waals surface area contributed by atoms with Crippen LogP contribution in [0.2, 0.25) is 0 Å². The Morgan fingerprint density at radius 1 is 1.00 bits per heavy atom. The minimum atomic E-state index is -4.42. The number of alkyl halides is 3. The first-order valence-electron chi connectivity index (χ1n) is 9.25. The van der Waals surface area contributed by atoms with Crippen LogP contribution in [-0.4, -0.2) is 16.5 Å². The molecule has 0 saturated heterocycles. The van der Waals surface area contributed by atoms with E-state index in [1.54, 1.807) is 12.3 Å². The highest BCUT2D eigenvalue weighted by atomic mass is 19.4. The highest BCUT2D eigenvalue weighted by Gasteiger charge is 2.34. The third-order valence-electron chi connectivity index (χ3n) is 5.01. The molecule has 2 aromatic heterocycles. The van der Waals surface area contributed by atoms with E-state index in [4.69, 9.17) is 5.73 Å². The summed E-state index contributed by atoms with van der Waals surface area (Å²) < 4.78 is 40.6. The molecule has 0 radical (unpaired) electrons. The highest BCUT2D eigenvalue weighted by molar-refractivity contribution is 5.94. The largest absolute Gasteiger partial charge is 0.418 e. The first-order chi connectivity index (χ1) is 13.5. The minimum Gasteiger partial charge on any atom is -0.354 e. The second kappa shape index (κ2) is 7.28. The number of aromatic amines is 1. The summed E-state index contributed by atoms with van der Waals surface area (Å²) in [4.78, 5) is 7.53. The summed E-state index contributed by atoms with van der Waals surface area (Å²) >= 11 is 0. The molecule has 0 amide bonds. The van der Waals surface area contributed by atoms with Gasteiger partial charge in [-0.15, -0.1) is 0 Å². The Balaban J connectivity index is 1.93. The maximum absolute atomic E-state index is 13.5. The smallest absolute Gasteiger partial charge is 0.354 e. The van der Waals surface area contributed by atoms with Crippen molar-refractivity contribution in [2.75, 3.05) is 6.54 Å². The molecule has 3 nitrogen and oxygen atoms in total. The number of aryl methyl sites for hydroxylation is 1. The summed E-state index contributed by atoms with van der Waals surface area (Å²) in [6, 6.07) is 14.0. The van der Waals surface area contributed by atoms with Crippen LogP contribution in [0.5, 0.6) is 0 Å². The summed E-state index contributed by atoms with van der Waals surface area (Å²) in [5, 5.41) is 1.55. The summed E-state index contributed by atoms with van der Waals surface area (Å²) in [6.45, 7) is 0.559. The molecule has 6 heteroatoms. The Morgan fingerprint density at radius 2 is 1.82 bits per heavy atom. The van der Waals surface area contributed by atoms with Gasteiger partial charge in [0.15, 0.2) is 0 Å². The van der Waals surface area contributed by atoms with Crippen molar-refractivity contribution in [3.63, 3.8) is 0 Å². The van der Waals surface area contributed by atoms with Crippen LogP contribution in [0, 0.1) is 0 Å². The number of para-hydroxylation sites is 2. The van der Waals surface area contributed by atoms with Gasteiger partial charge in [0.2, 0.25) is 0 Å². The zero-order valence-corrected chi connectivity index (χ0v) is 15.2. The predicted octanol–water partition coefficient (Wildman–Crippen LogP) is 5.68. The first kappa shape index (κ1) is 18.5. The van der Waals surface area contributed by atoms with E-state index in [1.165, 1.54) is 6.07 Å². The van der Waals surface area contributed by atoms with Crippen molar-refractivity contribution in [3.8, 4) is 11.3 Å². The van der Waals surface area contributed by atoms with E-state index in [9.17, 15) is 13.2 Å². The second-order valence-electron chi connectivity index (χ2n) is 6.87. The number of pyridine rings is 1. The van der Waals surface area contributed by atoms with E-state index in [1.807, 2.05) is 30.3 Å². The quantitative estimate of drug-likeness (QED) is 0.436. The van der Waals surface area contributed by atoms with Crippen molar-refractivity contribution in [3.05, 3.63) is 65.9 Å². The fourth-order valence-corrected chi connectivity index (χ4v) is 3.67. The van der Waals surface area contributed by atoms with Gasteiger partial charge in [0, 0.05) is 22.5 Å². The van der Waals surface area contributed by atoms with Crippen molar-refractivity contribution < 1.29 is 13.2 Å². The number of rotatable bonds is 5. The fraction of sp³-hybridized carbons (Fsp3) is 0.227. The molecule has 144 valence electrons. The molecular formula is C22H20F3N3. The number of nitrogens with one attached hydrogen (secondary N) is 1. The van der Waals surface area contributed by atoms with E-state index in [0.29, 0.717) is 24.0 Å². The molecule has 28 heavy (non-hydrogen) atoms. The average Bonchev–Trinajstić information content (AvgIpc) is 3.05. The van der Waals surface area contributed by atoms with Gasteiger partial charge in [0.05, 0.1) is 22.3 Å². The minimum absolute atomic E-state index is 0.126. The Labute approximate surface area is 160 Å². The SMILES string of the molecule is NCCCCc1c(-c2cnc3ccccc3c2)[nH]c2c(C(F)(F)F)cccc12. The van der Waals surface area contributed by atoms with E-state index >= 15 is 0 Å². The van der Waals surface area contributed by atoms with Gasteiger partial charge >= 0.3 is 6.18 Å². The second-order valence-corrected chi connectivity index (χ2v) is 6.87. The number of halogens is 3. The van der Waals surface area contributed by atoms with Gasteiger partial charge in [-0.25, -0.2) is 0 Å². The number of hydrogen-bond acceptors (Lipinski definition) is 2.